The maximum absolute atomic E-state index is 12.0. The van der Waals surface area contributed by atoms with Gasteiger partial charge >= 0.3 is 7.82 Å². The third-order valence-electron chi connectivity index (χ3n) is 5.63. The second-order valence-corrected chi connectivity index (χ2v) is 8.84. The third-order valence-corrected chi connectivity index (χ3v) is 6.58. The molecule has 2 fully saturated rings. The largest absolute Gasteiger partial charge is 0.473 e. The lowest BCUT2D eigenvalue weighted by molar-refractivity contribution is 0.0579. The normalized spacial score (nSPS) is 26.8. The van der Waals surface area contributed by atoms with E-state index in [2.05, 4.69) is 47.4 Å². The van der Waals surface area contributed by atoms with E-state index in [0.717, 1.165) is 13.1 Å². The van der Waals surface area contributed by atoms with Gasteiger partial charge in [0.15, 0.2) is 0 Å². The molecule has 2 aliphatic rings. The van der Waals surface area contributed by atoms with E-state index in [1.54, 1.807) is 0 Å². The van der Waals surface area contributed by atoms with E-state index in [1.165, 1.54) is 22.8 Å². The molecule has 2 aromatic rings. The summed E-state index contributed by atoms with van der Waals surface area (Å²) >= 11 is 0. The van der Waals surface area contributed by atoms with E-state index in [9.17, 15) is 9.46 Å². The zero-order chi connectivity index (χ0) is 18.9. The maximum Gasteiger partial charge on any atom is 0.473 e. The Morgan fingerprint density at radius 3 is 2.81 bits per heavy atom. The number of benzene rings is 2. The van der Waals surface area contributed by atoms with Crippen molar-refractivity contribution in [2.24, 2.45) is 5.92 Å². The molecule has 4 rings (SSSR count). The number of nitrogens with zero attached hydrogens (tertiary/aromatic N) is 1. The lowest BCUT2D eigenvalue weighted by Gasteiger charge is -2.22. The highest BCUT2D eigenvalue weighted by molar-refractivity contribution is 7.47. The smallest absolute Gasteiger partial charge is 0.379 e. The Labute approximate surface area is 159 Å². The van der Waals surface area contributed by atoms with Crippen molar-refractivity contribution in [3.63, 3.8) is 0 Å². The molecule has 1 saturated carbocycles. The van der Waals surface area contributed by atoms with Gasteiger partial charge in [0.1, 0.15) is 6.73 Å². The highest BCUT2D eigenvalue weighted by Gasteiger charge is 2.60. The molecule has 7 heteroatoms. The summed E-state index contributed by atoms with van der Waals surface area (Å²) in [7, 11) is -4.04. The fraction of sp³-hybridized carbons (Fsp3) is 0.500. The van der Waals surface area contributed by atoms with Crippen LogP contribution in [0.25, 0.3) is 10.8 Å². The monoisotopic (exact) mass is 391 g/mol. The van der Waals surface area contributed by atoms with Gasteiger partial charge in [0.05, 0.1) is 13.2 Å². The van der Waals surface area contributed by atoms with E-state index >= 15 is 0 Å². The van der Waals surface area contributed by atoms with Gasteiger partial charge < -0.3 is 9.63 Å². The minimum atomic E-state index is -4.04. The third kappa shape index (κ3) is 4.11. The first kappa shape index (κ1) is 19.1. The minimum Gasteiger partial charge on any atom is -0.379 e. The zero-order valence-corrected chi connectivity index (χ0v) is 16.4. The van der Waals surface area contributed by atoms with Gasteiger partial charge in [0.25, 0.3) is 0 Å². The molecule has 0 amide bonds. The van der Waals surface area contributed by atoms with E-state index in [-0.39, 0.29) is 25.4 Å². The predicted octanol–water partition coefficient (Wildman–Crippen LogP) is 3.54. The summed E-state index contributed by atoms with van der Waals surface area (Å²) in [5.41, 5.74) is 1.51. The number of likely N-dealkylation sites (tertiary alicyclic amines) is 1. The summed E-state index contributed by atoms with van der Waals surface area (Å²) in [6, 6.07) is 15.1. The topological polar surface area (TPSA) is 68.2 Å². The zero-order valence-electron chi connectivity index (χ0n) is 15.5. The number of ether oxygens (including phenoxy) is 1. The average molecular weight is 391 g/mol. The average Bonchev–Trinajstić information content (AvgIpc) is 3.25. The predicted molar refractivity (Wildman–Crippen MR) is 104 cm³/mol. The van der Waals surface area contributed by atoms with Crippen LogP contribution in [0.15, 0.2) is 42.5 Å². The molecule has 1 saturated heterocycles. The minimum absolute atomic E-state index is 0.0469. The molecule has 0 bridgehead atoms. The van der Waals surface area contributed by atoms with Gasteiger partial charge in [-0.3, -0.25) is 13.9 Å². The van der Waals surface area contributed by atoms with Crippen LogP contribution in [0.4, 0.5) is 0 Å². The van der Waals surface area contributed by atoms with E-state index < -0.39 is 7.82 Å². The molecule has 27 heavy (non-hydrogen) atoms. The fourth-order valence-electron chi connectivity index (χ4n) is 4.18. The molecule has 1 heterocycles. The molecule has 1 aliphatic heterocycles. The lowest BCUT2D eigenvalue weighted by atomic mass is 9.93. The van der Waals surface area contributed by atoms with Gasteiger partial charge in [-0.25, -0.2) is 4.57 Å². The van der Waals surface area contributed by atoms with Crippen molar-refractivity contribution in [1.82, 2.24) is 4.90 Å². The molecule has 3 atom stereocenters. The molecule has 6 nitrogen and oxygen atoms in total. The summed E-state index contributed by atoms with van der Waals surface area (Å²) in [4.78, 5) is 11.9. The van der Waals surface area contributed by atoms with Crippen molar-refractivity contribution in [3.8, 4) is 0 Å². The van der Waals surface area contributed by atoms with Crippen molar-refractivity contribution in [2.75, 3.05) is 39.6 Å². The van der Waals surface area contributed by atoms with Crippen molar-refractivity contribution in [2.45, 2.75) is 18.8 Å². The molecule has 146 valence electrons. The second kappa shape index (κ2) is 7.63. The first-order chi connectivity index (χ1) is 13.0. The van der Waals surface area contributed by atoms with Crippen LogP contribution in [0.1, 0.15) is 18.9 Å². The Hall–Kier alpha value is -1.27. The summed E-state index contributed by atoms with van der Waals surface area (Å²) in [6.07, 6.45) is 1.17. The standard InChI is InChI=1S/C20H26NO5P/c1-2-24-9-10-25-27(22,23)26-15-21-13-19-12-20(19,14-21)18-8-7-16-5-3-4-6-17(16)11-18/h3-8,11,19H,2,9-10,12-15H2,1H3,(H,22,23)/t19-,20+/m1/s1. The highest BCUT2D eigenvalue weighted by Crippen LogP contribution is 2.59. The van der Waals surface area contributed by atoms with Crippen LogP contribution in [0.2, 0.25) is 0 Å². The summed E-state index contributed by atoms with van der Waals surface area (Å²) in [6.45, 7) is 4.56. The molecule has 2 aromatic carbocycles. The molecular weight excluding hydrogens is 365 g/mol. The van der Waals surface area contributed by atoms with Gasteiger partial charge in [-0.1, -0.05) is 42.5 Å². The maximum atomic E-state index is 12.0. The first-order valence-corrected chi connectivity index (χ1v) is 10.9. The molecule has 0 radical (unpaired) electrons. The van der Waals surface area contributed by atoms with E-state index in [0.29, 0.717) is 12.5 Å². The number of piperidine rings is 1. The number of phosphoric acid groups is 1. The molecule has 0 spiro atoms. The number of rotatable bonds is 9. The summed E-state index contributed by atoms with van der Waals surface area (Å²) < 4.78 is 27.1. The number of hydrogen-bond donors (Lipinski definition) is 1. The molecule has 1 N–H and O–H groups in total. The van der Waals surface area contributed by atoms with Crippen molar-refractivity contribution >= 4 is 18.6 Å². The van der Waals surface area contributed by atoms with Crippen LogP contribution in [-0.4, -0.2) is 49.4 Å². The lowest BCUT2D eigenvalue weighted by Crippen LogP contribution is -2.28. The molecule has 1 unspecified atom stereocenters. The van der Waals surface area contributed by atoms with Crippen LogP contribution in [0.5, 0.6) is 0 Å². The summed E-state index contributed by atoms with van der Waals surface area (Å²) in [5.74, 6) is 0.583. The van der Waals surface area contributed by atoms with Crippen LogP contribution >= 0.6 is 7.82 Å². The second-order valence-electron chi connectivity index (χ2n) is 7.39. The van der Waals surface area contributed by atoms with Crippen LogP contribution in [0.3, 0.4) is 0 Å². The van der Waals surface area contributed by atoms with Crippen LogP contribution in [-0.2, 0) is 23.8 Å². The van der Waals surface area contributed by atoms with Crippen molar-refractivity contribution in [1.29, 1.82) is 0 Å². The number of fused-ring (bicyclic) bond motifs is 2. The Bertz CT molecular complexity index is 859. The highest BCUT2D eigenvalue weighted by atomic mass is 31.2. The van der Waals surface area contributed by atoms with Crippen LogP contribution < -0.4 is 0 Å². The fourth-order valence-corrected chi connectivity index (χ4v) is 4.87. The first-order valence-electron chi connectivity index (χ1n) is 9.44. The van der Waals surface area contributed by atoms with E-state index in [4.69, 9.17) is 13.8 Å². The Morgan fingerprint density at radius 1 is 1.19 bits per heavy atom. The summed E-state index contributed by atoms with van der Waals surface area (Å²) in [5, 5.41) is 2.51. The van der Waals surface area contributed by atoms with Crippen LogP contribution in [0, 0.1) is 5.92 Å². The Balaban J connectivity index is 1.34. The van der Waals surface area contributed by atoms with Gasteiger partial charge in [0.2, 0.25) is 0 Å². The molecular formula is C20H26NO5P. The SMILES string of the molecule is CCOCCOP(=O)(O)OCN1C[C@H]2C[C@@]2(c2ccc3ccccc3c2)C1. The number of hydrogen-bond acceptors (Lipinski definition) is 5. The van der Waals surface area contributed by atoms with Crippen molar-refractivity contribution < 1.29 is 23.2 Å². The number of phosphoric ester groups is 1. The molecule has 1 aliphatic carbocycles. The van der Waals surface area contributed by atoms with E-state index in [1.807, 2.05) is 6.92 Å². The van der Waals surface area contributed by atoms with Crippen molar-refractivity contribution in [3.05, 3.63) is 48.0 Å². The van der Waals surface area contributed by atoms with Gasteiger partial charge in [-0.05, 0) is 35.6 Å². The van der Waals surface area contributed by atoms with Gasteiger partial charge in [0, 0.05) is 25.1 Å². The Morgan fingerprint density at radius 2 is 2.00 bits per heavy atom. The van der Waals surface area contributed by atoms with Gasteiger partial charge in [-0.2, -0.15) is 0 Å². The quantitative estimate of drug-likeness (QED) is 0.521. The Kier molecular flexibility index (Phi) is 5.39. The van der Waals surface area contributed by atoms with Gasteiger partial charge in [-0.15, -0.1) is 0 Å². The molecule has 0 aromatic heterocycles.